The van der Waals surface area contributed by atoms with Crippen molar-refractivity contribution >= 4 is 18.3 Å². The van der Waals surface area contributed by atoms with Gasteiger partial charge in [0.2, 0.25) is 11.7 Å². The quantitative estimate of drug-likeness (QED) is 0.564. The largest absolute Gasteiger partial charge is 0.493 e. The summed E-state index contributed by atoms with van der Waals surface area (Å²) in [5.74, 6) is 1.53. The molecule has 0 radical (unpaired) electrons. The van der Waals surface area contributed by atoms with Crippen molar-refractivity contribution in [2.24, 2.45) is 0 Å². The summed E-state index contributed by atoms with van der Waals surface area (Å²) in [6, 6.07) is 9.99. The van der Waals surface area contributed by atoms with E-state index in [1.54, 1.807) is 51.7 Å². The Balaban J connectivity index is 0.00000363. The van der Waals surface area contributed by atoms with Crippen LogP contribution in [0.3, 0.4) is 0 Å². The van der Waals surface area contributed by atoms with E-state index in [0.717, 1.165) is 18.7 Å². The van der Waals surface area contributed by atoms with Crippen LogP contribution >= 0.6 is 12.4 Å². The predicted molar refractivity (Wildman–Crippen MR) is 122 cm³/mol. The van der Waals surface area contributed by atoms with Crippen LogP contribution in [0.25, 0.3) is 0 Å². The topological polar surface area (TPSA) is 60.5 Å². The number of benzene rings is 2. The first-order valence-electron chi connectivity index (χ1n) is 10.2. The molecule has 0 atom stereocenters. The second-order valence-electron chi connectivity index (χ2n) is 7.21. The molecule has 0 aromatic heterocycles. The van der Waals surface area contributed by atoms with Gasteiger partial charge in [-0.3, -0.25) is 9.69 Å². The van der Waals surface area contributed by atoms with E-state index in [-0.39, 0.29) is 36.3 Å². The first kappa shape index (κ1) is 25.5. The molecule has 0 N–H and O–H groups in total. The van der Waals surface area contributed by atoms with Gasteiger partial charge in [-0.25, -0.2) is 4.39 Å². The fraction of sp³-hybridized carbons (Fsp3) is 0.435. The lowest BCUT2D eigenvalue weighted by Crippen LogP contribution is -2.49. The minimum Gasteiger partial charge on any atom is -0.493 e. The van der Waals surface area contributed by atoms with Crippen LogP contribution in [0.2, 0.25) is 0 Å². The molecule has 0 bridgehead atoms. The van der Waals surface area contributed by atoms with E-state index in [2.05, 4.69) is 4.90 Å². The molecule has 1 aliphatic heterocycles. The zero-order valence-corrected chi connectivity index (χ0v) is 19.5. The molecule has 32 heavy (non-hydrogen) atoms. The molecule has 2 aromatic carbocycles. The third kappa shape index (κ3) is 6.40. The number of piperazine rings is 1. The summed E-state index contributed by atoms with van der Waals surface area (Å²) in [6.45, 7) is 3.87. The number of para-hydroxylation sites is 1. The molecule has 0 aliphatic carbocycles. The Morgan fingerprint density at radius 1 is 0.938 bits per heavy atom. The number of halogens is 2. The average molecular weight is 469 g/mol. The van der Waals surface area contributed by atoms with Crippen molar-refractivity contribution in [2.75, 3.05) is 60.7 Å². The van der Waals surface area contributed by atoms with Gasteiger partial charge >= 0.3 is 0 Å². The van der Waals surface area contributed by atoms with Gasteiger partial charge in [-0.1, -0.05) is 12.1 Å². The van der Waals surface area contributed by atoms with Gasteiger partial charge < -0.3 is 23.8 Å². The van der Waals surface area contributed by atoms with Crippen LogP contribution in [0.15, 0.2) is 36.4 Å². The van der Waals surface area contributed by atoms with E-state index >= 15 is 0 Å². The molecular weight excluding hydrogens is 439 g/mol. The van der Waals surface area contributed by atoms with E-state index in [1.807, 2.05) is 4.90 Å². The molecule has 0 saturated carbocycles. The van der Waals surface area contributed by atoms with Crippen LogP contribution in [-0.4, -0.2) is 76.4 Å². The average Bonchev–Trinajstić information content (AvgIpc) is 2.80. The molecule has 9 heteroatoms. The van der Waals surface area contributed by atoms with Gasteiger partial charge in [0.1, 0.15) is 6.61 Å². The van der Waals surface area contributed by atoms with Crippen molar-refractivity contribution in [3.63, 3.8) is 0 Å². The van der Waals surface area contributed by atoms with Crippen molar-refractivity contribution in [1.29, 1.82) is 0 Å². The second-order valence-corrected chi connectivity index (χ2v) is 7.21. The zero-order valence-electron chi connectivity index (χ0n) is 18.6. The summed E-state index contributed by atoms with van der Waals surface area (Å²) in [4.78, 5) is 16.9. The highest BCUT2D eigenvalue weighted by molar-refractivity contribution is 5.85. The Bertz CT molecular complexity index is 865. The van der Waals surface area contributed by atoms with Crippen LogP contribution < -0.4 is 18.9 Å². The number of hydrogen-bond donors (Lipinski definition) is 0. The van der Waals surface area contributed by atoms with E-state index < -0.39 is 0 Å². The minimum atomic E-state index is -0.357. The van der Waals surface area contributed by atoms with Crippen molar-refractivity contribution < 1.29 is 28.1 Å². The summed E-state index contributed by atoms with van der Waals surface area (Å²) in [5.41, 5.74) is 0.806. The van der Waals surface area contributed by atoms with Gasteiger partial charge in [0.15, 0.2) is 23.1 Å². The van der Waals surface area contributed by atoms with E-state index in [4.69, 9.17) is 18.9 Å². The number of rotatable bonds is 9. The van der Waals surface area contributed by atoms with Crippen LogP contribution in [0.5, 0.6) is 23.0 Å². The van der Waals surface area contributed by atoms with Crippen LogP contribution in [-0.2, 0) is 11.2 Å². The maximum atomic E-state index is 13.6. The summed E-state index contributed by atoms with van der Waals surface area (Å²) in [6.07, 6.45) is 0.257. The van der Waals surface area contributed by atoms with Gasteiger partial charge in [-0.05, 0) is 29.8 Å². The number of hydrogen-bond acceptors (Lipinski definition) is 6. The van der Waals surface area contributed by atoms with Crippen molar-refractivity contribution in [1.82, 2.24) is 9.80 Å². The lowest BCUT2D eigenvalue weighted by Gasteiger charge is -2.34. The third-order valence-electron chi connectivity index (χ3n) is 5.31. The van der Waals surface area contributed by atoms with Gasteiger partial charge in [0, 0.05) is 32.7 Å². The van der Waals surface area contributed by atoms with E-state index in [1.165, 1.54) is 6.07 Å². The van der Waals surface area contributed by atoms with Crippen LogP contribution in [0.4, 0.5) is 4.39 Å². The Morgan fingerprint density at radius 2 is 1.56 bits per heavy atom. The second kappa shape index (κ2) is 12.4. The fourth-order valence-electron chi connectivity index (χ4n) is 3.59. The van der Waals surface area contributed by atoms with Crippen LogP contribution in [0, 0.1) is 5.82 Å². The van der Waals surface area contributed by atoms with Gasteiger partial charge in [0.25, 0.3) is 0 Å². The number of methoxy groups -OCH3 is 3. The van der Waals surface area contributed by atoms with Crippen molar-refractivity contribution in [2.45, 2.75) is 6.42 Å². The maximum absolute atomic E-state index is 13.6. The standard InChI is InChI=1S/C23H29FN2O5.ClH/c1-28-20-14-17(15-21(29-2)23(20)30-3)16-22(27)26-10-8-25(9-11-26)12-13-31-19-7-5-4-6-18(19)24;/h4-7,14-15H,8-13,16H2,1-3H3;1H. The van der Waals surface area contributed by atoms with Gasteiger partial charge in [-0.2, -0.15) is 0 Å². The molecule has 0 unspecified atom stereocenters. The molecule has 1 heterocycles. The molecule has 176 valence electrons. The van der Waals surface area contributed by atoms with E-state index in [9.17, 15) is 9.18 Å². The molecule has 1 fully saturated rings. The molecular formula is C23H30ClFN2O5. The number of ether oxygens (including phenoxy) is 4. The Labute approximate surface area is 194 Å². The first-order chi connectivity index (χ1) is 15.0. The summed E-state index contributed by atoms with van der Waals surface area (Å²) in [7, 11) is 4.65. The van der Waals surface area contributed by atoms with Gasteiger partial charge in [0.05, 0.1) is 27.8 Å². The SMILES string of the molecule is COc1cc(CC(=O)N2CCN(CCOc3ccccc3F)CC2)cc(OC)c1OC.Cl. The summed E-state index contributed by atoms with van der Waals surface area (Å²) in [5, 5.41) is 0. The lowest BCUT2D eigenvalue weighted by molar-refractivity contribution is -0.132. The smallest absolute Gasteiger partial charge is 0.227 e. The highest BCUT2D eigenvalue weighted by Gasteiger charge is 2.22. The lowest BCUT2D eigenvalue weighted by atomic mass is 10.1. The maximum Gasteiger partial charge on any atom is 0.227 e. The normalized spacial score (nSPS) is 13.8. The first-order valence-corrected chi connectivity index (χ1v) is 10.2. The fourth-order valence-corrected chi connectivity index (χ4v) is 3.59. The predicted octanol–water partition coefficient (Wildman–Crippen LogP) is 3.04. The molecule has 3 rings (SSSR count). The number of carbonyl (C=O) groups excluding carboxylic acids is 1. The zero-order chi connectivity index (χ0) is 22.2. The number of amides is 1. The molecule has 7 nitrogen and oxygen atoms in total. The Kier molecular flexibility index (Phi) is 9.87. The van der Waals surface area contributed by atoms with Crippen molar-refractivity contribution in [3.05, 3.63) is 47.8 Å². The van der Waals surface area contributed by atoms with Gasteiger partial charge in [-0.15, -0.1) is 12.4 Å². The summed E-state index contributed by atoms with van der Waals surface area (Å²) < 4.78 is 35.2. The molecule has 0 spiro atoms. The summed E-state index contributed by atoms with van der Waals surface area (Å²) >= 11 is 0. The minimum absolute atomic E-state index is 0. The number of carbonyl (C=O) groups is 1. The molecule has 1 amide bonds. The highest BCUT2D eigenvalue weighted by Crippen LogP contribution is 2.38. The molecule has 2 aromatic rings. The Morgan fingerprint density at radius 3 is 2.12 bits per heavy atom. The van der Waals surface area contributed by atoms with E-state index in [0.29, 0.717) is 43.5 Å². The molecule has 1 aliphatic rings. The number of nitrogens with zero attached hydrogens (tertiary/aromatic N) is 2. The third-order valence-corrected chi connectivity index (χ3v) is 5.31. The van der Waals surface area contributed by atoms with Crippen molar-refractivity contribution in [3.8, 4) is 23.0 Å². The highest BCUT2D eigenvalue weighted by atomic mass is 35.5. The molecule has 1 saturated heterocycles. The monoisotopic (exact) mass is 468 g/mol. The Hall–Kier alpha value is -2.71. The van der Waals surface area contributed by atoms with Crippen LogP contribution in [0.1, 0.15) is 5.56 Å².